The standard InChI is InChI=1S/C11H14O2S/c1-8(11(12)14-3)9-4-6-10(13-2)7-5-9/h4-8H,1-3H3/t8-/m0/s1. The molecular formula is C11H14O2S. The van der Waals surface area contributed by atoms with Gasteiger partial charge in [-0.05, 0) is 24.0 Å². The SMILES string of the molecule is COc1ccc([C@H](C)C(=O)SC)cc1. The highest BCUT2D eigenvalue weighted by Gasteiger charge is 2.13. The van der Waals surface area contributed by atoms with Gasteiger partial charge in [-0.15, -0.1) is 0 Å². The number of methoxy groups -OCH3 is 1. The summed E-state index contributed by atoms with van der Waals surface area (Å²) in [6, 6.07) is 7.61. The third-order valence-corrected chi connectivity index (χ3v) is 2.93. The Morgan fingerprint density at radius 3 is 2.36 bits per heavy atom. The van der Waals surface area contributed by atoms with Gasteiger partial charge >= 0.3 is 0 Å². The minimum Gasteiger partial charge on any atom is -0.497 e. The fraction of sp³-hybridized carbons (Fsp3) is 0.364. The van der Waals surface area contributed by atoms with Gasteiger partial charge in [0, 0.05) is 0 Å². The molecule has 1 rings (SSSR count). The molecule has 76 valence electrons. The minimum atomic E-state index is -0.0455. The van der Waals surface area contributed by atoms with Gasteiger partial charge < -0.3 is 4.74 Å². The van der Waals surface area contributed by atoms with Gasteiger partial charge in [0.05, 0.1) is 13.0 Å². The Morgan fingerprint density at radius 2 is 1.93 bits per heavy atom. The summed E-state index contributed by atoms with van der Waals surface area (Å²) in [7, 11) is 1.63. The van der Waals surface area contributed by atoms with Gasteiger partial charge in [-0.2, -0.15) is 0 Å². The molecule has 0 fully saturated rings. The molecule has 0 aliphatic rings. The van der Waals surface area contributed by atoms with E-state index in [9.17, 15) is 4.79 Å². The van der Waals surface area contributed by atoms with Crippen molar-refractivity contribution in [3.05, 3.63) is 29.8 Å². The van der Waals surface area contributed by atoms with Crippen LogP contribution in [0, 0.1) is 0 Å². The highest BCUT2D eigenvalue weighted by molar-refractivity contribution is 8.13. The normalized spacial score (nSPS) is 12.2. The predicted octanol–water partition coefficient (Wildman–Crippen LogP) is 2.69. The number of benzene rings is 1. The highest BCUT2D eigenvalue weighted by Crippen LogP contribution is 2.22. The van der Waals surface area contributed by atoms with E-state index in [4.69, 9.17) is 4.74 Å². The Kier molecular flexibility index (Phi) is 4.01. The van der Waals surface area contributed by atoms with Crippen LogP contribution in [-0.2, 0) is 4.79 Å². The largest absolute Gasteiger partial charge is 0.497 e. The van der Waals surface area contributed by atoms with Crippen molar-refractivity contribution in [2.24, 2.45) is 0 Å². The minimum absolute atomic E-state index is 0.0455. The molecule has 0 saturated carbocycles. The second-order valence-electron chi connectivity index (χ2n) is 3.02. The number of ether oxygens (including phenoxy) is 1. The molecule has 2 nitrogen and oxygen atoms in total. The van der Waals surface area contributed by atoms with Crippen molar-refractivity contribution < 1.29 is 9.53 Å². The second-order valence-corrected chi connectivity index (χ2v) is 3.83. The molecule has 0 radical (unpaired) electrons. The summed E-state index contributed by atoms with van der Waals surface area (Å²) >= 11 is 1.27. The predicted molar refractivity (Wildman–Crippen MR) is 59.9 cm³/mol. The van der Waals surface area contributed by atoms with E-state index in [2.05, 4.69) is 0 Å². The summed E-state index contributed by atoms with van der Waals surface area (Å²) in [4.78, 5) is 11.4. The third-order valence-electron chi connectivity index (χ3n) is 2.17. The van der Waals surface area contributed by atoms with Gasteiger partial charge in [0.15, 0.2) is 5.12 Å². The van der Waals surface area contributed by atoms with E-state index in [1.165, 1.54) is 11.8 Å². The number of carbonyl (C=O) groups excluding carboxylic acids is 1. The van der Waals surface area contributed by atoms with Crippen LogP contribution in [0.25, 0.3) is 0 Å². The van der Waals surface area contributed by atoms with Gasteiger partial charge in [0.25, 0.3) is 0 Å². The summed E-state index contributed by atoms with van der Waals surface area (Å²) < 4.78 is 5.05. The summed E-state index contributed by atoms with van der Waals surface area (Å²) in [5.41, 5.74) is 1.03. The molecule has 1 aromatic rings. The van der Waals surface area contributed by atoms with E-state index >= 15 is 0 Å². The lowest BCUT2D eigenvalue weighted by Crippen LogP contribution is -2.03. The maximum absolute atomic E-state index is 11.4. The van der Waals surface area contributed by atoms with Crippen molar-refractivity contribution >= 4 is 16.9 Å². The van der Waals surface area contributed by atoms with Crippen molar-refractivity contribution in [2.45, 2.75) is 12.8 Å². The van der Waals surface area contributed by atoms with Gasteiger partial charge in [0.1, 0.15) is 5.75 Å². The topological polar surface area (TPSA) is 26.3 Å². The van der Waals surface area contributed by atoms with Gasteiger partial charge in [-0.25, -0.2) is 0 Å². The first-order valence-electron chi connectivity index (χ1n) is 4.40. The Balaban J connectivity index is 2.81. The molecular weight excluding hydrogens is 196 g/mol. The van der Waals surface area contributed by atoms with Gasteiger partial charge in [-0.1, -0.05) is 30.8 Å². The molecule has 0 saturated heterocycles. The Labute approximate surface area is 88.7 Å². The van der Waals surface area contributed by atoms with Crippen molar-refractivity contribution in [2.75, 3.05) is 13.4 Å². The Hall–Kier alpha value is -0.960. The van der Waals surface area contributed by atoms with Gasteiger partial charge in [0.2, 0.25) is 0 Å². The summed E-state index contributed by atoms with van der Waals surface area (Å²) in [6.45, 7) is 1.92. The maximum Gasteiger partial charge on any atom is 0.195 e. The molecule has 0 aliphatic heterocycles. The van der Waals surface area contributed by atoms with E-state index in [0.717, 1.165) is 11.3 Å². The quantitative estimate of drug-likeness (QED) is 0.767. The average Bonchev–Trinajstić information content (AvgIpc) is 2.27. The summed E-state index contributed by atoms with van der Waals surface area (Å²) in [6.07, 6.45) is 1.81. The number of carbonyl (C=O) groups is 1. The van der Waals surface area contributed by atoms with E-state index in [-0.39, 0.29) is 11.0 Å². The van der Waals surface area contributed by atoms with Crippen molar-refractivity contribution in [3.8, 4) is 5.75 Å². The lowest BCUT2D eigenvalue weighted by Gasteiger charge is -2.09. The monoisotopic (exact) mass is 210 g/mol. The van der Waals surface area contributed by atoms with Crippen LogP contribution in [0.5, 0.6) is 5.75 Å². The van der Waals surface area contributed by atoms with E-state index < -0.39 is 0 Å². The number of rotatable bonds is 3. The third kappa shape index (κ3) is 2.51. The molecule has 0 N–H and O–H groups in total. The molecule has 14 heavy (non-hydrogen) atoms. The first-order chi connectivity index (χ1) is 6.69. The second kappa shape index (κ2) is 5.05. The smallest absolute Gasteiger partial charge is 0.195 e. The van der Waals surface area contributed by atoms with E-state index in [0.29, 0.717) is 0 Å². The number of thioether (sulfide) groups is 1. The molecule has 0 aromatic heterocycles. The molecule has 0 unspecified atom stereocenters. The Morgan fingerprint density at radius 1 is 1.36 bits per heavy atom. The first-order valence-corrected chi connectivity index (χ1v) is 5.63. The maximum atomic E-state index is 11.4. The fourth-order valence-electron chi connectivity index (χ4n) is 1.21. The molecule has 3 heteroatoms. The van der Waals surface area contributed by atoms with Crippen LogP contribution < -0.4 is 4.74 Å². The summed E-state index contributed by atoms with van der Waals surface area (Å²) in [5.74, 6) is 0.772. The Bertz CT molecular complexity index is 306. The number of hydrogen-bond acceptors (Lipinski definition) is 3. The van der Waals surface area contributed by atoms with Gasteiger partial charge in [-0.3, -0.25) is 4.79 Å². The van der Waals surface area contributed by atoms with Crippen LogP contribution in [0.2, 0.25) is 0 Å². The molecule has 0 heterocycles. The molecule has 1 atom stereocenters. The lowest BCUT2D eigenvalue weighted by molar-refractivity contribution is -0.111. The zero-order valence-electron chi connectivity index (χ0n) is 8.61. The van der Waals surface area contributed by atoms with E-state index in [1.54, 1.807) is 7.11 Å². The van der Waals surface area contributed by atoms with Crippen LogP contribution in [-0.4, -0.2) is 18.5 Å². The lowest BCUT2D eigenvalue weighted by atomic mass is 10.0. The van der Waals surface area contributed by atoms with Crippen LogP contribution in [0.15, 0.2) is 24.3 Å². The fourth-order valence-corrected chi connectivity index (χ4v) is 1.70. The van der Waals surface area contributed by atoms with Crippen molar-refractivity contribution in [1.82, 2.24) is 0 Å². The first kappa shape index (κ1) is 11.1. The van der Waals surface area contributed by atoms with E-state index in [1.807, 2.05) is 37.4 Å². The molecule has 0 amide bonds. The highest BCUT2D eigenvalue weighted by atomic mass is 32.2. The average molecular weight is 210 g/mol. The van der Waals surface area contributed by atoms with Crippen LogP contribution in [0.4, 0.5) is 0 Å². The summed E-state index contributed by atoms with van der Waals surface area (Å²) in [5, 5.41) is 0.190. The molecule has 0 aliphatic carbocycles. The van der Waals surface area contributed by atoms with Crippen LogP contribution in [0.3, 0.4) is 0 Å². The number of hydrogen-bond donors (Lipinski definition) is 0. The molecule has 1 aromatic carbocycles. The zero-order valence-corrected chi connectivity index (χ0v) is 9.43. The van der Waals surface area contributed by atoms with Crippen molar-refractivity contribution in [1.29, 1.82) is 0 Å². The van der Waals surface area contributed by atoms with Crippen LogP contribution in [0.1, 0.15) is 18.4 Å². The van der Waals surface area contributed by atoms with Crippen LogP contribution >= 0.6 is 11.8 Å². The molecule has 0 bridgehead atoms. The molecule has 0 spiro atoms. The zero-order chi connectivity index (χ0) is 10.6. The van der Waals surface area contributed by atoms with Crippen molar-refractivity contribution in [3.63, 3.8) is 0 Å².